The molecule has 3 heteroatoms. The van der Waals surface area contributed by atoms with Gasteiger partial charge in [-0.3, -0.25) is 0 Å². The SMILES string of the molecule is COc1cc(N)cc(SCC(C)C)c1. The van der Waals surface area contributed by atoms with Crippen molar-refractivity contribution in [2.24, 2.45) is 5.92 Å². The average Bonchev–Trinajstić information content (AvgIpc) is 2.14. The van der Waals surface area contributed by atoms with Gasteiger partial charge in [0.15, 0.2) is 0 Å². The second kappa shape index (κ2) is 5.15. The minimum atomic E-state index is 0.687. The van der Waals surface area contributed by atoms with Gasteiger partial charge in [-0.1, -0.05) is 13.8 Å². The van der Waals surface area contributed by atoms with Crippen molar-refractivity contribution < 1.29 is 4.74 Å². The Labute approximate surface area is 89.8 Å². The zero-order chi connectivity index (χ0) is 10.6. The van der Waals surface area contributed by atoms with E-state index in [1.807, 2.05) is 30.0 Å². The molecule has 0 spiro atoms. The van der Waals surface area contributed by atoms with E-state index < -0.39 is 0 Å². The normalized spacial score (nSPS) is 10.6. The molecule has 2 N–H and O–H groups in total. The van der Waals surface area contributed by atoms with Gasteiger partial charge in [-0.2, -0.15) is 0 Å². The molecule has 0 saturated carbocycles. The first-order chi connectivity index (χ1) is 6.61. The van der Waals surface area contributed by atoms with Crippen molar-refractivity contribution in [2.75, 3.05) is 18.6 Å². The maximum Gasteiger partial charge on any atom is 0.122 e. The Morgan fingerprint density at radius 3 is 2.64 bits per heavy atom. The third-order valence-corrected chi connectivity index (χ3v) is 3.12. The number of methoxy groups -OCH3 is 1. The smallest absolute Gasteiger partial charge is 0.122 e. The van der Waals surface area contributed by atoms with Crippen LogP contribution in [0, 0.1) is 5.92 Å². The third-order valence-electron chi connectivity index (χ3n) is 1.72. The standard InChI is InChI=1S/C11H17NOS/c1-8(2)7-14-11-5-9(12)4-10(6-11)13-3/h4-6,8H,7,12H2,1-3H3. The van der Waals surface area contributed by atoms with Crippen LogP contribution in [0.3, 0.4) is 0 Å². The Bertz CT molecular complexity index is 299. The van der Waals surface area contributed by atoms with Crippen LogP contribution < -0.4 is 10.5 Å². The molecule has 1 rings (SSSR count). The number of thioether (sulfide) groups is 1. The molecule has 0 aromatic heterocycles. The number of hydrogen-bond acceptors (Lipinski definition) is 3. The Kier molecular flexibility index (Phi) is 4.14. The van der Waals surface area contributed by atoms with E-state index >= 15 is 0 Å². The largest absolute Gasteiger partial charge is 0.497 e. The molecule has 0 saturated heterocycles. The second-order valence-corrected chi connectivity index (χ2v) is 4.74. The minimum Gasteiger partial charge on any atom is -0.497 e. The molecule has 0 amide bonds. The van der Waals surface area contributed by atoms with E-state index in [0.29, 0.717) is 5.92 Å². The number of rotatable bonds is 4. The lowest BCUT2D eigenvalue weighted by molar-refractivity contribution is 0.414. The van der Waals surface area contributed by atoms with E-state index in [4.69, 9.17) is 10.5 Å². The van der Waals surface area contributed by atoms with E-state index in [0.717, 1.165) is 17.2 Å². The fraction of sp³-hybridized carbons (Fsp3) is 0.455. The van der Waals surface area contributed by atoms with Crippen molar-refractivity contribution in [3.05, 3.63) is 18.2 Å². The Balaban J connectivity index is 2.71. The van der Waals surface area contributed by atoms with Crippen molar-refractivity contribution in [1.29, 1.82) is 0 Å². The lowest BCUT2D eigenvalue weighted by Crippen LogP contribution is -1.92. The predicted octanol–water partition coefficient (Wildman–Crippen LogP) is 3.03. The van der Waals surface area contributed by atoms with E-state index in [1.54, 1.807) is 7.11 Å². The highest BCUT2D eigenvalue weighted by Gasteiger charge is 2.01. The van der Waals surface area contributed by atoms with Crippen LogP contribution in [0.5, 0.6) is 5.75 Å². The maximum absolute atomic E-state index is 5.75. The van der Waals surface area contributed by atoms with Crippen molar-refractivity contribution in [2.45, 2.75) is 18.7 Å². The summed E-state index contributed by atoms with van der Waals surface area (Å²) in [6, 6.07) is 5.83. The minimum absolute atomic E-state index is 0.687. The van der Waals surface area contributed by atoms with Gasteiger partial charge in [0, 0.05) is 22.4 Å². The molecule has 0 bridgehead atoms. The second-order valence-electron chi connectivity index (χ2n) is 3.65. The first-order valence-corrected chi connectivity index (χ1v) is 5.67. The lowest BCUT2D eigenvalue weighted by Gasteiger charge is -2.07. The van der Waals surface area contributed by atoms with Gasteiger partial charge in [0.25, 0.3) is 0 Å². The summed E-state index contributed by atoms with van der Waals surface area (Å²) >= 11 is 1.81. The molecule has 0 radical (unpaired) electrons. The zero-order valence-electron chi connectivity index (χ0n) is 8.91. The van der Waals surface area contributed by atoms with E-state index in [2.05, 4.69) is 13.8 Å². The molecule has 0 fully saturated rings. The summed E-state index contributed by atoms with van der Waals surface area (Å²) in [5, 5.41) is 0. The monoisotopic (exact) mass is 211 g/mol. The fourth-order valence-electron chi connectivity index (χ4n) is 1.06. The predicted molar refractivity (Wildman–Crippen MR) is 63.0 cm³/mol. The highest BCUT2D eigenvalue weighted by atomic mass is 32.2. The van der Waals surface area contributed by atoms with Gasteiger partial charge in [0.2, 0.25) is 0 Å². The van der Waals surface area contributed by atoms with Crippen LogP contribution in [-0.4, -0.2) is 12.9 Å². The molecule has 1 aromatic rings. The summed E-state index contributed by atoms with van der Waals surface area (Å²) in [5.41, 5.74) is 6.51. The topological polar surface area (TPSA) is 35.2 Å². The summed E-state index contributed by atoms with van der Waals surface area (Å²) < 4.78 is 5.15. The number of hydrogen-bond donors (Lipinski definition) is 1. The van der Waals surface area contributed by atoms with E-state index in [-0.39, 0.29) is 0 Å². The van der Waals surface area contributed by atoms with Crippen LogP contribution in [0.25, 0.3) is 0 Å². The number of nitrogen functional groups attached to an aromatic ring is 1. The number of benzene rings is 1. The maximum atomic E-state index is 5.75. The highest BCUT2D eigenvalue weighted by molar-refractivity contribution is 7.99. The summed E-state index contributed by atoms with van der Waals surface area (Å²) in [6.07, 6.45) is 0. The quantitative estimate of drug-likeness (QED) is 0.614. The van der Waals surface area contributed by atoms with Gasteiger partial charge in [-0.25, -0.2) is 0 Å². The van der Waals surface area contributed by atoms with Gasteiger partial charge in [-0.05, 0) is 18.1 Å². The molecule has 1 aromatic carbocycles. The van der Waals surface area contributed by atoms with Crippen molar-refractivity contribution in [1.82, 2.24) is 0 Å². The van der Waals surface area contributed by atoms with Crippen LogP contribution >= 0.6 is 11.8 Å². The zero-order valence-corrected chi connectivity index (χ0v) is 9.73. The molecule has 0 aliphatic carbocycles. The van der Waals surface area contributed by atoms with E-state index in [9.17, 15) is 0 Å². The first kappa shape index (κ1) is 11.2. The third kappa shape index (κ3) is 3.50. The molecule has 0 heterocycles. The molecule has 0 unspecified atom stereocenters. The van der Waals surface area contributed by atoms with Crippen molar-refractivity contribution in [3.8, 4) is 5.75 Å². The van der Waals surface area contributed by atoms with Crippen LogP contribution in [0.2, 0.25) is 0 Å². The fourth-order valence-corrected chi connectivity index (χ4v) is 2.00. The van der Waals surface area contributed by atoms with Crippen molar-refractivity contribution >= 4 is 17.4 Å². The summed E-state index contributed by atoms with van der Waals surface area (Å²) in [4.78, 5) is 1.18. The molecule has 2 nitrogen and oxygen atoms in total. The van der Waals surface area contributed by atoms with Gasteiger partial charge in [0.05, 0.1) is 7.11 Å². The first-order valence-electron chi connectivity index (χ1n) is 4.69. The van der Waals surface area contributed by atoms with Crippen molar-refractivity contribution in [3.63, 3.8) is 0 Å². The van der Waals surface area contributed by atoms with E-state index in [1.165, 1.54) is 4.90 Å². The number of ether oxygens (including phenoxy) is 1. The van der Waals surface area contributed by atoms with Gasteiger partial charge in [-0.15, -0.1) is 11.8 Å². The van der Waals surface area contributed by atoms with Gasteiger partial charge >= 0.3 is 0 Å². The molecule has 14 heavy (non-hydrogen) atoms. The average molecular weight is 211 g/mol. The van der Waals surface area contributed by atoms with Crippen LogP contribution in [0.1, 0.15) is 13.8 Å². The highest BCUT2D eigenvalue weighted by Crippen LogP contribution is 2.27. The molecule has 0 atom stereocenters. The Hall–Kier alpha value is -0.830. The number of nitrogens with two attached hydrogens (primary N) is 1. The summed E-state index contributed by atoms with van der Waals surface area (Å²) in [5.74, 6) is 2.62. The van der Waals surface area contributed by atoms with Crippen LogP contribution in [-0.2, 0) is 0 Å². The lowest BCUT2D eigenvalue weighted by atomic mass is 10.3. The Morgan fingerprint density at radius 1 is 1.36 bits per heavy atom. The molecule has 0 aliphatic rings. The van der Waals surface area contributed by atoms with Crippen LogP contribution in [0.4, 0.5) is 5.69 Å². The van der Waals surface area contributed by atoms with Gasteiger partial charge < -0.3 is 10.5 Å². The molecule has 0 aliphatic heterocycles. The van der Waals surface area contributed by atoms with Gasteiger partial charge in [0.1, 0.15) is 5.75 Å². The molecular weight excluding hydrogens is 194 g/mol. The summed E-state index contributed by atoms with van der Waals surface area (Å²) in [7, 11) is 1.66. The molecular formula is C11H17NOS. The Morgan fingerprint density at radius 2 is 2.07 bits per heavy atom. The molecule has 78 valence electrons. The van der Waals surface area contributed by atoms with Crippen LogP contribution in [0.15, 0.2) is 23.1 Å². The number of anilines is 1. The summed E-state index contributed by atoms with van der Waals surface area (Å²) in [6.45, 7) is 4.41.